The molecule has 2 aliphatic rings. The summed E-state index contributed by atoms with van der Waals surface area (Å²) >= 11 is 0. The number of hydrogen-bond acceptors (Lipinski definition) is 4. The average Bonchev–Trinajstić information content (AvgIpc) is 2.97. The summed E-state index contributed by atoms with van der Waals surface area (Å²) in [5.41, 5.74) is 0. The lowest BCUT2D eigenvalue weighted by Crippen LogP contribution is -2.51. The number of hydrogen-bond donors (Lipinski definition) is 1. The fraction of sp³-hybridized carbons (Fsp3) is 1.00. The second-order valence-electron chi connectivity index (χ2n) is 5.82. The second-order valence-corrected chi connectivity index (χ2v) is 7.81. The van der Waals surface area contributed by atoms with E-state index in [2.05, 4.69) is 4.90 Å². The summed E-state index contributed by atoms with van der Waals surface area (Å²) in [5, 5.41) is 9.38. The van der Waals surface area contributed by atoms with E-state index in [1.54, 1.807) is 7.05 Å². The molecule has 0 aromatic rings. The molecule has 2 aliphatic heterocycles. The zero-order chi connectivity index (χ0) is 14.6. The summed E-state index contributed by atoms with van der Waals surface area (Å²) in [7, 11) is -1.79. The number of aliphatic hydroxyl groups is 1. The first-order valence-corrected chi connectivity index (χ1v) is 9.01. The Hall–Kier alpha value is -0.210. The van der Waals surface area contributed by atoms with E-state index in [4.69, 9.17) is 0 Å². The Bertz CT molecular complexity index is 396. The van der Waals surface area contributed by atoms with Crippen LogP contribution in [-0.4, -0.2) is 79.5 Å². The van der Waals surface area contributed by atoms with Gasteiger partial charge in [-0.3, -0.25) is 0 Å². The van der Waals surface area contributed by atoms with Crippen LogP contribution in [0.2, 0.25) is 0 Å². The van der Waals surface area contributed by atoms with Gasteiger partial charge in [0, 0.05) is 32.7 Å². The third-order valence-electron chi connectivity index (χ3n) is 4.40. The summed E-state index contributed by atoms with van der Waals surface area (Å²) in [6.45, 7) is 3.93. The van der Waals surface area contributed by atoms with Crippen molar-refractivity contribution in [3.05, 3.63) is 0 Å². The molecule has 6 nitrogen and oxygen atoms in total. The van der Waals surface area contributed by atoms with Crippen LogP contribution in [0.5, 0.6) is 0 Å². The molecule has 0 bridgehead atoms. The van der Waals surface area contributed by atoms with Crippen LogP contribution in [0.1, 0.15) is 32.1 Å². The lowest BCUT2D eigenvalue weighted by molar-refractivity contribution is 0.148. The van der Waals surface area contributed by atoms with Crippen molar-refractivity contribution in [3.8, 4) is 0 Å². The first-order valence-electron chi connectivity index (χ1n) is 7.62. The van der Waals surface area contributed by atoms with Gasteiger partial charge in [-0.15, -0.1) is 0 Å². The Morgan fingerprint density at radius 1 is 1.15 bits per heavy atom. The van der Waals surface area contributed by atoms with Crippen LogP contribution in [0.25, 0.3) is 0 Å². The Morgan fingerprint density at radius 2 is 1.80 bits per heavy atom. The van der Waals surface area contributed by atoms with Gasteiger partial charge in [0.05, 0.1) is 6.61 Å². The molecule has 2 heterocycles. The Kier molecular flexibility index (Phi) is 5.80. The fourth-order valence-corrected chi connectivity index (χ4v) is 4.62. The van der Waals surface area contributed by atoms with E-state index in [0.717, 1.165) is 38.9 Å². The molecule has 1 unspecified atom stereocenters. The normalized spacial score (nSPS) is 26.4. The zero-order valence-electron chi connectivity index (χ0n) is 12.4. The van der Waals surface area contributed by atoms with Gasteiger partial charge >= 0.3 is 0 Å². The van der Waals surface area contributed by atoms with E-state index in [1.165, 1.54) is 21.5 Å². The highest BCUT2D eigenvalue weighted by Gasteiger charge is 2.34. The van der Waals surface area contributed by atoms with Gasteiger partial charge < -0.3 is 10.0 Å². The maximum Gasteiger partial charge on any atom is 0.282 e. The highest BCUT2D eigenvalue weighted by Crippen LogP contribution is 2.21. The topological polar surface area (TPSA) is 64.1 Å². The van der Waals surface area contributed by atoms with Crippen LogP contribution in [0, 0.1) is 0 Å². The molecule has 0 saturated carbocycles. The number of likely N-dealkylation sites (N-methyl/N-ethyl adjacent to an activating group) is 1. The number of aliphatic hydroxyl groups excluding tert-OH is 1. The van der Waals surface area contributed by atoms with E-state index in [0.29, 0.717) is 13.1 Å². The van der Waals surface area contributed by atoms with Crippen molar-refractivity contribution in [3.63, 3.8) is 0 Å². The molecule has 1 atom stereocenters. The molecule has 0 aliphatic carbocycles. The van der Waals surface area contributed by atoms with E-state index in [-0.39, 0.29) is 12.6 Å². The molecule has 2 fully saturated rings. The van der Waals surface area contributed by atoms with E-state index >= 15 is 0 Å². The van der Waals surface area contributed by atoms with E-state index in [1.807, 2.05) is 0 Å². The van der Waals surface area contributed by atoms with Crippen LogP contribution in [0.3, 0.4) is 0 Å². The molecule has 0 amide bonds. The fourth-order valence-electron chi connectivity index (χ4n) is 3.04. The van der Waals surface area contributed by atoms with Crippen LogP contribution >= 0.6 is 0 Å². The van der Waals surface area contributed by atoms with Gasteiger partial charge in [0.2, 0.25) is 0 Å². The third-order valence-corrected chi connectivity index (χ3v) is 6.45. The highest BCUT2D eigenvalue weighted by molar-refractivity contribution is 7.86. The van der Waals surface area contributed by atoms with Gasteiger partial charge in [-0.05, 0) is 38.8 Å². The van der Waals surface area contributed by atoms with Crippen molar-refractivity contribution in [1.82, 2.24) is 13.5 Å². The average molecular weight is 305 g/mol. The monoisotopic (exact) mass is 305 g/mol. The van der Waals surface area contributed by atoms with Gasteiger partial charge in [-0.1, -0.05) is 6.42 Å². The van der Waals surface area contributed by atoms with Crippen LogP contribution in [-0.2, 0) is 10.2 Å². The lowest BCUT2D eigenvalue weighted by Gasteiger charge is -2.36. The molecular weight excluding hydrogens is 278 g/mol. The summed E-state index contributed by atoms with van der Waals surface area (Å²) in [5.74, 6) is 0. The minimum atomic E-state index is -3.44. The molecule has 1 N–H and O–H groups in total. The van der Waals surface area contributed by atoms with Crippen LogP contribution < -0.4 is 0 Å². The van der Waals surface area contributed by atoms with Crippen LogP contribution in [0.4, 0.5) is 0 Å². The highest BCUT2D eigenvalue weighted by atomic mass is 32.2. The Balaban J connectivity index is 1.93. The van der Waals surface area contributed by atoms with Crippen molar-refractivity contribution in [2.75, 3.05) is 46.4 Å². The first kappa shape index (κ1) is 16.2. The molecule has 20 heavy (non-hydrogen) atoms. The smallest absolute Gasteiger partial charge is 0.282 e. The predicted molar refractivity (Wildman–Crippen MR) is 78.7 cm³/mol. The minimum Gasteiger partial charge on any atom is -0.395 e. The second kappa shape index (κ2) is 7.17. The third kappa shape index (κ3) is 3.71. The van der Waals surface area contributed by atoms with Crippen molar-refractivity contribution in [2.24, 2.45) is 0 Å². The van der Waals surface area contributed by atoms with Crippen molar-refractivity contribution in [1.29, 1.82) is 0 Å². The zero-order valence-corrected chi connectivity index (χ0v) is 13.2. The molecule has 118 valence electrons. The van der Waals surface area contributed by atoms with Crippen molar-refractivity contribution in [2.45, 2.75) is 38.1 Å². The number of rotatable bonds is 6. The Labute approximate surface area is 122 Å². The summed E-state index contributed by atoms with van der Waals surface area (Å²) in [6.07, 6.45) is 5.07. The summed E-state index contributed by atoms with van der Waals surface area (Å²) in [4.78, 5) is 2.31. The molecule has 2 rings (SSSR count). The van der Waals surface area contributed by atoms with Gasteiger partial charge in [-0.25, -0.2) is 0 Å². The molecule has 0 radical (unpaired) electrons. The first-order chi connectivity index (χ1) is 9.55. The van der Waals surface area contributed by atoms with Gasteiger partial charge in [0.1, 0.15) is 0 Å². The molecule has 0 aromatic carbocycles. The van der Waals surface area contributed by atoms with Gasteiger partial charge in [0.15, 0.2) is 0 Å². The summed E-state index contributed by atoms with van der Waals surface area (Å²) in [6, 6.07) is -0.247. The number of likely N-dealkylation sites (tertiary alicyclic amines) is 1. The predicted octanol–water partition coefficient (Wildman–Crippen LogP) is 0.106. The SMILES string of the molecule is CN(CCN1CCCC1)S(=O)(=O)N1CCCCC1CO. The lowest BCUT2D eigenvalue weighted by atomic mass is 10.1. The van der Waals surface area contributed by atoms with Gasteiger partial charge in [-0.2, -0.15) is 17.0 Å². The minimum absolute atomic E-state index is 0.0841. The molecule has 0 spiro atoms. The van der Waals surface area contributed by atoms with Crippen molar-refractivity contribution < 1.29 is 13.5 Å². The maximum atomic E-state index is 12.6. The Morgan fingerprint density at radius 3 is 2.45 bits per heavy atom. The maximum absolute atomic E-state index is 12.6. The van der Waals surface area contributed by atoms with E-state index in [9.17, 15) is 13.5 Å². The molecule has 0 aromatic heterocycles. The number of piperidine rings is 1. The molecule has 2 saturated heterocycles. The molecular formula is C13H27N3O3S. The van der Waals surface area contributed by atoms with Crippen LogP contribution in [0.15, 0.2) is 0 Å². The summed E-state index contributed by atoms with van der Waals surface area (Å²) < 4.78 is 28.1. The quantitative estimate of drug-likeness (QED) is 0.756. The van der Waals surface area contributed by atoms with Crippen molar-refractivity contribution >= 4 is 10.2 Å². The van der Waals surface area contributed by atoms with E-state index < -0.39 is 10.2 Å². The number of nitrogens with zero attached hydrogens (tertiary/aromatic N) is 3. The van der Waals surface area contributed by atoms with Gasteiger partial charge in [0.25, 0.3) is 10.2 Å². The standard InChI is InChI=1S/C13H27N3O3S/c1-14(10-11-15-7-4-5-8-15)20(18,19)16-9-3-2-6-13(16)12-17/h13,17H,2-12H2,1H3. The largest absolute Gasteiger partial charge is 0.395 e. The molecule has 7 heteroatoms.